The van der Waals surface area contributed by atoms with Gasteiger partial charge in [0.2, 0.25) is 0 Å². The Morgan fingerprint density at radius 2 is 1.81 bits per heavy atom. The van der Waals surface area contributed by atoms with Gasteiger partial charge in [-0.3, -0.25) is 4.79 Å². The first-order valence-corrected chi connectivity index (χ1v) is 10.2. The first kappa shape index (κ1) is 19.1. The van der Waals surface area contributed by atoms with E-state index in [1.165, 1.54) is 12.1 Å². The Morgan fingerprint density at radius 1 is 0.968 bits per heavy atom. The third-order valence-electron chi connectivity index (χ3n) is 5.77. The third-order valence-corrected chi connectivity index (χ3v) is 5.77. The van der Waals surface area contributed by atoms with Crippen molar-refractivity contribution >= 4 is 33.4 Å². The second-order valence-electron chi connectivity index (χ2n) is 7.91. The van der Waals surface area contributed by atoms with Crippen molar-refractivity contribution in [3.05, 3.63) is 102 Å². The number of carbonyl (C=O) groups excluding carboxylic acids is 1. The van der Waals surface area contributed by atoms with E-state index in [0.717, 1.165) is 38.6 Å². The molecule has 5 heteroatoms. The van der Waals surface area contributed by atoms with Crippen LogP contribution in [-0.2, 0) is 13.6 Å². The zero-order valence-electron chi connectivity index (χ0n) is 17.4. The van der Waals surface area contributed by atoms with Crippen LogP contribution < -0.4 is 5.32 Å². The zero-order valence-corrected chi connectivity index (χ0v) is 17.4. The molecule has 2 aromatic heterocycles. The van der Waals surface area contributed by atoms with Crippen LogP contribution in [0.3, 0.4) is 0 Å². The summed E-state index contributed by atoms with van der Waals surface area (Å²) in [4.78, 5) is 13.3. The van der Waals surface area contributed by atoms with Crippen molar-refractivity contribution in [2.24, 2.45) is 7.05 Å². The molecule has 0 fully saturated rings. The van der Waals surface area contributed by atoms with Gasteiger partial charge < -0.3 is 14.5 Å². The molecule has 5 aromatic rings. The smallest absolute Gasteiger partial charge is 0.272 e. The topological polar surface area (TPSA) is 39.0 Å². The van der Waals surface area contributed by atoms with Crippen molar-refractivity contribution in [1.29, 1.82) is 0 Å². The van der Waals surface area contributed by atoms with Crippen LogP contribution in [0.25, 0.3) is 21.8 Å². The highest BCUT2D eigenvalue weighted by molar-refractivity contribution is 6.07. The highest BCUT2D eigenvalue weighted by Gasteiger charge is 2.17. The van der Waals surface area contributed by atoms with Crippen molar-refractivity contribution in [3.63, 3.8) is 0 Å². The van der Waals surface area contributed by atoms with Crippen LogP contribution in [0, 0.1) is 12.7 Å². The molecule has 0 aliphatic heterocycles. The molecule has 0 atom stereocenters. The molecule has 1 amide bonds. The molecule has 0 unspecified atom stereocenters. The Morgan fingerprint density at radius 3 is 2.65 bits per heavy atom. The lowest BCUT2D eigenvalue weighted by Crippen LogP contribution is -2.17. The number of hydrogen-bond donors (Lipinski definition) is 1. The van der Waals surface area contributed by atoms with Crippen LogP contribution in [0.2, 0.25) is 0 Å². The van der Waals surface area contributed by atoms with Gasteiger partial charge in [0, 0.05) is 47.3 Å². The van der Waals surface area contributed by atoms with Gasteiger partial charge in [-0.1, -0.05) is 24.3 Å². The van der Waals surface area contributed by atoms with Crippen LogP contribution in [0.15, 0.2) is 79.0 Å². The summed E-state index contributed by atoms with van der Waals surface area (Å²) >= 11 is 0. The summed E-state index contributed by atoms with van der Waals surface area (Å²) in [5.74, 6) is -0.477. The highest BCUT2D eigenvalue weighted by Crippen LogP contribution is 2.26. The summed E-state index contributed by atoms with van der Waals surface area (Å²) in [6, 6.07) is 22.3. The quantitative estimate of drug-likeness (QED) is 0.394. The number of aryl methyl sites for hydroxylation is 2. The maximum absolute atomic E-state index is 13.8. The largest absolute Gasteiger partial charge is 0.351 e. The van der Waals surface area contributed by atoms with E-state index in [1.54, 1.807) is 6.07 Å². The normalized spacial score (nSPS) is 11.3. The van der Waals surface area contributed by atoms with Gasteiger partial charge in [-0.05, 0) is 66.6 Å². The second kappa shape index (κ2) is 7.43. The fraction of sp³-hybridized carbons (Fsp3) is 0.115. The Bertz CT molecular complexity index is 1440. The number of hydrogen-bond acceptors (Lipinski definition) is 1. The minimum absolute atomic E-state index is 0.192. The molecule has 1 N–H and O–H groups in total. The molecule has 2 heterocycles. The summed E-state index contributed by atoms with van der Waals surface area (Å²) in [6.45, 7) is 2.44. The second-order valence-corrected chi connectivity index (χ2v) is 7.91. The molecule has 4 nitrogen and oxygen atoms in total. The molecule has 0 bridgehead atoms. The van der Waals surface area contributed by atoms with Crippen LogP contribution in [0.1, 0.15) is 21.6 Å². The van der Waals surface area contributed by atoms with Gasteiger partial charge in [0.25, 0.3) is 5.91 Å². The van der Waals surface area contributed by atoms with E-state index in [2.05, 4.69) is 5.32 Å². The minimum atomic E-state index is -0.285. The van der Waals surface area contributed by atoms with Crippen LogP contribution in [0.4, 0.5) is 10.1 Å². The highest BCUT2D eigenvalue weighted by atomic mass is 19.1. The zero-order chi connectivity index (χ0) is 21.5. The number of anilines is 1. The van der Waals surface area contributed by atoms with E-state index in [0.29, 0.717) is 12.2 Å². The summed E-state index contributed by atoms with van der Waals surface area (Å²) in [7, 11) is 1.99. The first-order valence-electron chi connectivity index (χ1n) is 10.2. The Hall–Kier alpha value is -3.86. The monoisotopic (exact) mass is 411 g/mol. The van der Waals surface area contributed by atoms with Crippen molar-refractivity contribution in [1.82, 2.24) is 9.13 Å². The lowest BCUT2D eigenvalue weighted by atomic mass is 10.1. The Kier molecular flexibility index (Phi) is 4.59. The molecule has 154 valence electrons. The van der Waals surface area contributed by atoms with Gasteiger partial charge >= 0.3 is 0 Å². The van der Waals surface area contributed by atoms with Crippen molar-refractivity contribution in [2.45, 2.75) is 13.5 Å². The molecular formula is C26H22FN3O. The molecule has 31 heavy (non-hydrogen) atoms. The number of aromatic nitrogens is 2. The van der Waals surface area contributed by atoms with Crippen molar-refractivity contribution < 1.29 is 9.18 Å². The molecule has 0 radical (unpaired) electrons. The molecule has 0 aliphatic carbocycles. The standard InChI is InChI=1S/C26H22FN3O/c1-17-5-3-8-24-22(17)15-25(30(24)16-18-6-4-7-20(27)13-18)26(31)28-21-9-10-23-19(14-21)11-12-29(23)2/h3-15H,16H2,1-2H3,(H,28,31). The van der Waals surface area contributed by atoms with E-state index in [4.69, 9.17) is 0 Å². The van der Waals surface area contributed by atoms with Crippen molar-refractivity contribution in [2.75, 3.05) is 5.32 Å². The molecular weight excluding hydrogens is 389 g/mol. The summed E-state index contributed by atoms with van der Waals surface area (Å²) < 4.78 is 17.8. The predicted octanol–water partition coefficient (Wildman–Crippen LogP) is 5.88. The lowest BCUT2D eigenvalue weighted by Gasteiger charge is -2.12. The molecule has 0 spiro atoms. The summed E-state index contributed by atoms with van der Waals surface area (Å²) in [5, 5.41) is 5.12. The number of rotatable bonds is 4. The number of halogens is 1. The average molecular weight is 411 g/mol. The SMILES string of the molecule is Cc1cccc2c1cc(C(=O)Nc1ccc3c(ccn3C)c1)n2Cc1cccc(F)c1. The van der Waals surface area contributed by atoms with E-state index in [-0.39, 0.29) is 11.7 Å². The predicted molar refractivity (Wildman–Crippen MR) is 123 cm³/mol. The number of benzene rings is 3. The Balaban J connectivity index is 1.55. The Labute approximate surface area is 179 Å². The van der Waals surface area contributed by atoms with Crippen molar-refractivity contribution in [3.8, 4) is 0 Å². The minimum Gasteiger partial charge on any atom is -0.351 e. The fourth-order valence-electron chi connectivity index (χ4n) is 4.16. The third kappa shape index (κ3) is 3.48. The van der Waals surface area contributed by atoms with Crippen LogP contribution in [-0.4, -0.2) is 15.0 Å². The number of amides is 1. The number of nitrogens with zero attached hydrogens (tertiary/aromatic N) is 2. The van der Waals surface area contributed by atoms with E-state index in [9.17, 15) is 9.18 Å². The van der Waals surface area contributed by atoms with Gasteiger partial charge in [-0.15, -0.1) is 0 Å². The van der Waals surface area contributed by atoms with Gasteiger partial charge in [-0.25, -0.2) is 4.39 Å². The lowest BCUT2D eigenvalue weighted by molar-refractivity contribution is 0.101. The van der Waals surface area contributed by atoms with Gasteiger partial charge in [0.15, 0.2) is 0 Å². The first-order chi connectivity index (χ1) is 15.0. The number of fused-ring (bicyclic) bond motifs is 2. The molecule has 0 aliphatic rings. The number of carbonyl (C=O) groups is 1. The summed E-state index contributed by atoms with van der Waals surface area (Å²) in [6.07, 6.45) is 2.00. The van der Waals surface area contributed by atoms with E-state index >= 15 is 0 Å². The van der Waals surface area contributed by atoms with E-state index < -0.39 is 0 Å². The number of nitrogens with one attached hydrogen (secondary N) is 1. The van der Waals surface area contributed by atoms with Crippen LogP contribution >= 0.6 is 0 Å². The van der Waals surface area contributed by atoms with Gasteiger partial charge in [0.1, 0.15) is 11.5 Å². The maximum atomic E-state index is 13.8. The molecule has 0 saturated heterocycles. The van der Waals surface area contributed by atoms with Crippen LogP contribution in [0.5, 0.6) is 0 Å². The molecule has 3 aromatic carbocycles. The fourth-order valence-corrected chi connectivity index (χ4v) is 4.16. The summed E-state index contributed by atoms with van der Waals surface area (Å²) in [5.41, 5.74) is 5.24. The van der Waals surface area contributed by atoms with E-state index in [1.807, 2.05) is 83.9 Å². The molecule has 0 saturated carbocycles. The molecule has 5 rings (SSSR count). The maximum Gasteiger partial charge on any atom is 0.272 e. The van der Waals surface area contributed by atoms with Gasteiger partial charge in [-0.2, -0.15) is 0 Å². The van der Waals surface area contributed by atoms with Gasteiger partial charge in [0.05, 0.1) is 0 Å². The average Bonchev–Trinajstić information content (AvgIpc) is 3.30.